The van der Waals surface area contributed by atoms with Gasteiger partial charge in [-0.2, -0.15) is 5.10 Å². The van der Waals surface area contributed by atoms with Crippen LogP contribution in [-0.4, -0.2) is 16.9 Å². The molecular weight excluding hydrogens is 262 g/mol. The fourth-order valence-corrected chi connectivity index (χ4v) is 2.66. The zero-order valence-corrected chi connectivity index (χ0v) is 13.8. The van der Waals surface area contributed by atoms with E-state index in [1.807, 2.05) is 13.0 Å². The van der Waals surface area contributed by atoms with Gasteiger partial charge in [0.2, 0.25) is 0 Å². The van der Waals surface area contributed by atoms with E-state index in [1.165, 1.54) is 11.3 Å². The van der Waals surface area contributed by atoms with Crippen molar-refractivity contribution >= 4 is 5.69 Å². The van der Waals surface area contributed by atoms with Crippen LogP contribution in [0.2, 0.25) is 0 Å². The fraction of sp³-hybridized carbons (Fsp3) is 0.471. The molecule has 0 aliphatic heterocycles. The van der Waals surface area contributed by atoms with E-state index in [2.05, 4.69) is 54.9 Å². The molecule has 21 heavy (non-hydrogen) atoms. The van der Waals surface area contributed by atoms with Crippen molar-refractivity contribution in [2.24, 2.45) is 0 Å². The quantitative estimate of drug-likeness (QED) is 0.903. The minimum Gasteiger partial charge on any atom is -0.496 e. The second-order valence-electron chi connectivity index (χ2n) is 5.74. The molecule has 2 aromatic rings. The van der Waals surface area contributed by atoms with Gasteiger partial charge in [-0.15, -0.1) is 0 Å². The largest absolute Gasteiger partial charge is 0.496 e. The van der Waals surface area contributed by atoms with Gasteiger partial charge in [0.15, 0.2) is 0 Å². The molecule has 0 amide bonds. The maximum absolute atomic E-state index is 5.30. The number of hydrogen-bond donors (Lipinski definition) is 1. The van der Waals surface area contributed by atoms with Gasteiger partial charge in [0.25, 0.3) is 0 Å². The second kappa shape index (κ2) is 6.20. The first-order chi connectivity index (χ1) is 9.93. The molecule has 0 atom stereocenters. The Morgan fingerprint density at radius 2 is 1.95 bits per heavy atom. The van der Waals surface area contributed by atoms with E-state index in [4.69, 9.17) is 4.74 Å². The molecule has 1 heterocycles. The third-order valence-corrected chi connectivity index (χ3v) is 3.74. The zero-order chi connectivity index (χ0) is 15.6. The highest BCUT2D eigenvalue weighted by molar-refractivity contribution is 5.52. The summed E-state index contributed by atoms with van der Waals surface area (Å²) in [7, 11) is 1.70. The van der Waals surface area contributed by atoms with Crippen molar-refractivity contribution in [2.45, 2.75) is 47.2 Å². The predicted molar refractivity (Wildman–Crippen MR) is 87.1 cm³/mol. The fourth-order valence-electron chi connectivity index (χ4n) is 2.66. The lowest BCUT2D eigenvalue weighted by atomic mass is 10.1. The van der Waals surface area contributed by atoms with Crippen LogP contribution >= 0.6 is 0 Å². The molecule has 1 aromatic heterocycles. The van der Waals surface area contributed by atoms with Gasteiger partial charge < -0.3 is 10.1 Å². The number of nitrogens with one attached hydrogen (secondary N) is 1. The Labute approximate surface area is 127 Å². The van der Waals surface area contributed by atoms with Crippen molar-refractivity contribution in [3.8, 4) is 5.75 Å². The highest BCUT2D eigenvalue weighted by Gasteiger charge is 2.13. The van der Waals surface area contributed by atoms with E-state index in [1.54, 1.807) is 7.11 Å². The minimum atomic E-state index is 0.377. The van der Waals surface area contributed by atoms with Crippen LogP contribution < -0.4 is 10.1 Å². The van der Waals surface area contributed by atoms with E-state index < -0.39 is 0 Å². The molecule has 4 nitrogen and oxygen atoms in total. The molecular formula is C17H25N3O. The summed E-state index contributed by atoms with van der Waals surface area (Å²) < 4.78 is 7.36. The molecule has 0 saturated heterocycles. The lowest BCUT2D eigenvalue weighted by Gasteiger charge is -2.11. The van der Waals surface area contributed by atoms with E-state index in [0.29, 0.717) is 6.04 Å². The molecule has 2 rings (SSSR count). The summed E-state index contributed by atoms with van der Waals surface area (Å²) in [6.45, 7) is 11.3. The summed E-state index contributed by atoms with van der Waals surface area (Å²) in [6.07, 6.45) is 0. The Bertz CT molecular complexity index is 629. The Morgan fingerprint density at radius 1 is 1.24 bits per heavy atom. The summed E-state index contributed by atoms with van der Waals surface area (Å²) >= 11 is 0. The van der Waals surface area contributed by atoms with Gasteiger partial charge in [0.1, 0.15) is 5.75 Å². The number of rotatable bonds is 5. The maximum Gasteiger partial charge on any atom is 0.121 e. The second-order valence-corrected chi connectivity index (χ2v) is 5.74. The van der Waals surface area contributed by atoms with Crippen molar-refractivity contribution in [1.82, 2.24) is 9.78 Å². The number of benzene rings is 1. The van der Waals surface area contributed by atoms with Crippen LogP contribution in [-0.2, 0) is 6.54 Å². The number of aromatic nitrogens is 2. The minimum absolute atomic E-state index is 0.377. The molecule has 0 aliphatic rings. The third-order valence-electron chi connectivity index (χ3n) is 3.74. The first-order valence-electron chi connectivity index (χ1n) is 7.37. The molecule has 0 radical (unpaired) electrons. The SMILES string of the molecule is COc1ccc(CNc2c(C)nn(C(C)C)c2C)cc1C. The highest BCUT2D eigenvalue weighted by atomic mass is 16.5. The van der Waals surface area contributed by atoms with Crippen LogP contribution in [0.3, 0.4) is 0 Å². The van der Waals surface area contributed by atoms with Gasteiger partial charge in [0, 0.05) is 12.6 Å². The van der Waals surface area contributed by atoms with Gasteiger partial charge in [-0.1, -0.05) is 12.1 Å². The summed E-state index contributed by atoms with van der Waals surface area (Å²) in [4.78, 5) is 0. The average Bonchev–Trinajstić information content (AvgIpc) is 2.72. The summed E-state index contributed by atoms with van der Waals surface area (Å²) in [5.74, 6) is 0.929. The van der Waals surface area contributed by atoms with Crippen LogP contribution in [0.25, 0.3) is 0 Å². The summed E-state index contributed by atoms with van der Waals surface area (Å²) in [5.41, 5.74) is 5.77. The summed E-state index contributed by atoms with van der Waals surface area (Å²) in [5, 5.41) is 8.11. The third kappa shape index (κ3) is 3.20. The first kappa shape index (κ1) is 15.4. The van der Waals surface area contributed by atoms with Crippen LogP contribution in [0, 0.1) is 20.8 Å². The van der Waals surface area contributed by atoms with Gasteiger partial charge in [0.05, 0.1) is 24.2 Å². The van der Waals surface area contributed by atoms with E-state index in [9.17, 15) is 0 Å². The molecule has 0 unspecified atom stereocenters. The van der Waals surface area contributed by atoms with Crippen molar-refractivity contribution < 1.29 is 4.74 Å². The Hall–Kier alpha value is -1.97. The topological polar surface area (TPSA) is 39.1 Å². The van der Waals surface area contributed by atoms with Crippen LogP contribution in [0.1, 0.15) is 42.4 Å². The highest BCUT2D eigenvalue weighted by Crippen LogP contribution is 2.24. The van der Waals surface area contributed by atoms with Crippen molar-refractivity contribution in [2.75, 3.05) is 12.4 Å². The molecule has 0 aliphatic carbocycles. The Kier molecular flexibility index (Phi) is 4.56. The molecule has 4 heteroatoms. The van der Waals surface area contributed by atoms with Gasteiger partial charge in [-0.3, -0.25) is 4.68 Å². The number of nitrogens with zero attached hydrogens (tertiary/aromatic N) is 2. The van der Waals surface area contributed by atoms with E-state index >= 15 is 0 Å². The van der Waals surface area contributed by atoms with Crippen LogP contribution in [0.4, 0.5) is 5.69 Å². The number of hydrogen-bond acceptors (Lipinski definition) is 3. The van der Waals surface area contributed by atoms with Crippen molar-refractivity contribution in [3.63, 3.8) is 0 Å². The molecule has 1 aromatic carbocycles. The Morgan fingerprint density at radius 3 is 2.48 bits per heavy atom. The van der Waals surface area contributed by atoms with Gasteiger partial charge in [-0.25, -0.2) is 0 Å². The van der Waals surface area contributed by atoms with Gasteiger partial charge >= 0.3 is 0 Å². The number of methoxy groups -OCH3 is 1. The molecule has 114 valence electrons. The smallest absolute Gasteiger partial charge is 0.121 e. The lowest BCUT2D eigenvalue weighted by molar-refractivity contribution is 0.411. The molecule has 1 N–H and O–H groups in total. The number of aryl methyl sites for hydroxylation is 2. The average molecular weight is 287 g/mol. The van der Waals surface area contributed by atoms with E-state index in [-0.39, 0.29) is 0 Å². The standard InChI is InChI=1S/C17H25N3O/c1-11(2)20-14(5)17(13(4)19-20)18-10-15-7-8-16(21-6)12(3)9-15/h7-9,11,18H,10H2,1-6H3. The normalized spacial score (nSPS) is 11.0. The molecule has 0 spiro atoms. The van der Waals surface area contributed by atoms with Crippen LogP contribution in [0.15, 0.2) is 18.2 Å². The molecule has 0 bridgehead atoms. The molecule has 0 fully saturated rings. The maximum atomic E-state index is 5.30. The first-order valence-corrected chi connectivity index (χ1v) is 7.37. The predicted octanol–water partition coefficient (Wildman–Crippen LogP) is 4.01. The van der Waals surface area contributed by atoms with Crippen molar-refractivity contribution in [1.29, 1.82) is 0 Å². The number of anilines is 1. The van der Waals surface area contributed by atoms with Crippen LogP contribution in [0.5, 0.6) is 5.75 Å². The lowest BCUT2D eigenvalue weighted by Crippen LogP contribution is -2.06. The van der Waals surface area contributed by atoms with E-state index in [0.717, 1.165) is 29.2 Å². The van der Waals surface area contributed by atoms with Gasteiger partial charge in [-0.05, 0) is 51.8 Å². The monoisotopic (exact) mass is 287 g/mol. The van der Waals surface area contributed by atoms with Crippen molar-refractivity contribution in [3.05, 3.63) is 40.7 Å². The Balaban J connectivity index is 2.15. The number of ether oxygens (including phenoxy) is 1. The molecule has 0 saturated carbocycles. The summed E-state index contributed by atoms with van der Waals surface area (Å²) in [6, 6.07) is 6.64. The zero-order valence-electron chi connectivity index (χ0n) is 13.8.